The van der Waals surface area contributed by atoms with Crippen LogP contribution in [0.1, 0.15) is 31.7 Å². The molecule has 0 saturated heterocycles. The number of benzene rings is 2. The number of carbonyl (C=O) groups excluding carboxylic acids is 1. The summed E-state index contributed by atoms with van der Waals surface area (Å²) in [6, 6.07) is 9.22. The zero-order valence-corrected chi connectivity index (χ0v) is 19.4. The quantitative estimate of drug-likeness (QED) is 0.402. The SMILES string of the molecule is CCCN(Cc1nc2cc(Cl)ccc2c(=O)[nH]1)C(=O)/C=C/c1ccc(OC(F)F)c(OCC)c1. The van der Waals surface area contributed by atoms with E-state index in [0.717, 1.165) is 0 Å². The van der Waals surface area contributed by atoms with E-state index in [4.69, 9.17) is 16.3 Å². The summed E-state index contributed by atoms with van der Waals surface area (Å²) in [6.07, 6.45) is 3.61. The predicted octanol–water partition coefficient (Wildman–Crippen LogP) is 5.03. The second-order valence-corrected chi connectivity index (χ2v) is 7.72. The number of halogens is 3. The summed E-state index contributed by atoms with van der Waals surface area (Å²) in [5.41, 5.74) is 0.702. The minimum absolute atomic E-state index is 0.0839. The highest BCUT2D eigenvalue weighted by Crippen LogP contribution is 2.30. The van der Waals surface area contributed by atoms with E-state index < -0.39 is 6.61 Å². The topological polar surface area (TPSA) is 84.5 Å². The molecule has 0 radical (unpaired) electrons. The van der Waals surface area contributed by atoms with Crippen LogP contribution in [0.5, 0.6) is 11.5 Å². The minimum atomic E-state index is -2.98. The Morgan fingerprint density at radius 3 is 2.71 bits per heavy atom. The van der Waals surface area contributed by atoms with Gasteiger partial charge in [0.05, 0.1) is 24.1 Å². The molecular formula is C24H24ClF2N3O4. The molecule has 2 aromatic carbocycles. The number of rotatable bonds is 10. The van der Waals surface area contributed by atoms with E-state index in [0.29, 0.717) is 40.3 Å². The highest BCUT2D eigenvalue weighted by atomic mass is 35.5. The molecular weight excluding hydrogens is 468 g/mol. The number of fused-ring (bicyclic) bond motifs is 1. The van der Waals surface area contributed by atoms with E-state index >= 15 is 0 Å². The molecule has 0 fully saturated rings. The number of amides is 1. The molecule has 34 heavy (non-hydrogen) atoms. The van der Waals surface area contributed by atoms with Crippen LogP contribution in [-0.4, -0.2) is 40.5 Å². The van der Waals surface area contributed by atoms with Crippen molar-refractivity contribution in [2.75, 3.05) is 13.2 Å². The van der Waals surface area contributed by atoms with Crippen LogP contribution in [0.15, 0.2) is 47.3 Å². The van der Waals surface area contributed by atoms with Gasteiger partial charge in [0.15, 0.2) is 11.5 Å². The van der Waals surface area contributed by atoms with Crippen molar-refractivity contribution in [1.82, 2.24) is 14.9 Å². The number of nitrogens with one attached hydrogen (secondary N) is 1. The fraction of sp³-hybridized carbons (Fsp3) is 0.292. The molecule has 0 saturated carbocycles. The van der Waals surface area contributed by atoms with Gasteiger partial charge in [-0.3, -0.25) is 9.59 Å². The minimum Gasteiger partial charge on any atom is -0.490 e. The van der Waals surface area contributed by atoms with Crippen LogP contribution >= 0.6 is 11.6 Å². The number of hydrogen-bond donors (Lipinski definition) is 1. The summed E-state index contributed by atoms with van der Waals surface area (Å²) in [5, 5.41) is 0.864. The van der Waals surface area contributed by atoms with Crippen molar-refractivity contribution in [3.05, 3.63) is 69.2 Å². The number of alkyl halides is 2. The van der Waals surface area contributed by atoms with Crippen molar-refractivity contribution >= 4 is 34.5 Å². The maximum absolute atomic E-state index is 12.9. The van der Waals surface area contributed by atoms with E-state index in [9.17, 15) is 18.4 Å². The molecule has 1 aromatic heterocycles. The third-order valence-corrected chi connectivity index (χ3v) is 5.00. The Kier molecular flexibility index (Phi) is 8.59. The smallest absolute Gasteiger partial charge is 0.387 e. The zero-order chi connectivity index (χ0) is 24.7. The summed E-state index contributed by atoms with van der Waals surface area (Å²) in [5.74, 6) is 0.0995. The lowest BCUT2D eigenvalue weighted by atomic mass is 10.2. The van der Waals surface area contributed by atoms with E-state index in [2.05, 4.69) is 14.7 Å². The Bertz CT molecular complexity index is 1250. The van der Waals surface area contributed by atoms with Crippen LogP contribution in [0.2, 0.25) is 5.02 Å². The predicted molar refractivity (Wildman–Crippen MR) is 126 cm³/mol. The van der Waals surface area contributed by atoms with Gasteiger partial charge in [-0.25, -0.2) is 4.98 Å². The van der Waals surface area contributed by atoms with Gasteiger partial charge in [0.25, 0.3) is 5.56 Å². The molecule has 0 aliphatic heterocycles. The average molecular weight is 492 g/mol. The molecule has 3 aromatic rings. The van der Waals surface area contributed by atoms with Gasteiger partial charge in [-0.15, -0.1) is 0 Å². The molecule has 7 nitrogen and oxygen atoms in total. The standard InChI is InChI=1S/C24H24ClF2N3O4/c1-3-11-30(14-21-28-18-13-16(25)7-8-17(18)23(32)29-21)22(31)10-6-15-5-9-19(34-24(26)27)20(12-15)33-4-2/h5-10,12-13,24H,3-4,11,14H2,1-2H3,(H,28,29,32)/b10-6+. The molecule has 10 heteroatoms. The number of carbonyl (C=O) groups is 1. The lowest BCUT2D eigenvalue weighted by Crippen LogP contribution is -2.31. The first-order valence-electron chi connectivity index (χ1n) is 10.7. The molecule has 1 heterocycles. The van der Waals surface area contributed by atoms with Crippen molar-refractivity contribution in [2.24, 2.45) is 0 Å². The summed E-state index contributed by atoms with van der Waals surface area (Å²) < 4.78 is 35.0. The van der Waals surface area contributed by atoms with E-state index in [-0.39, 0.29) is 36.1 Å². The van der Waals surface area contributed by atoms with Gasteiger partial charge in [-0.1, -0.05) is 24.6 Å². The number of hydrogen-bond acceptors (Lipinski definition) is 5. The third kappa shape index (κ3) is 6.54. The summed E-state index contributed by atoms with van der Waals surface area (Å²) in [6.45, 7) is 1.47. The fourth-order valence-electron chi connectivity index (χ4n) is 3.32. The first-order valence-corrected chi connectivity index (χ1v) is 11.1. The van der Waals surface area contributed by atoms with E-state index in [1.807, 2.05) is 6.92 Å². The Morgan fingerprint density at radius 2 is 2.00 bits per heavy atom. The van der Waals surface area contributed by atoms with E-state index in [1.54, 1.807) is 42.2 Å². The van der Waals surface area contributed by atoms with Crippen molar-refractivity contribution in [2.45, 2.75) is 33.4 Å². The van der Waals surface area contributed by atoms with Crippen molar-refractivity contribution in [3.8, 4) is 11.5 Å². The second-order valence-electron chi connectivity index (χ2n) is 7.28. The summed E-state index contributed by atoms with van der Waals surface area (Å²) in [4.78, 5) is 34.0. The molecule has 0 aliphatic rings. The number of ether oxygens (including phenoxy) is 2. The van der Waals surface area contributed by atoms with Gasteiger partial charge in [0, 0.05) is 17.6 Å². The number of aromatic amines is 1. The Labute approximate surface area is 200 Å². The molecule has 0 aliphatic carbocycles. The monoisotopic (exact) mass is 491 g/mol. The van der Waals surface area contributed by atoms with Gasteiger partial charge in [0.2, 0.25) is 5.91 Å². The number of aromatic nitrogens is 2. The molecule has 1 N–H and O–H groups in total. The van der Waals surface area contributed by atoms with Crippen molar-refractivity contribution in [3.63, 3.8) is 0 Å². The highest BCUT2D eigenvalue weighted by Gasteiger charge is 2.14. The average Bonchev–Trinajstić information content (AvgIpc) is 2.78. The van der Waals surface area contributed by atoms with Crippen LogP contribution in [-0.2, 0) is 11.3 Å². The van der Waals surface area contributed by atoms with Gasteiger partial charge < -0.3 is 19.4 Å². The first kappa shape index (κ1) is 25.2. The molecule has 0 bridgehead atoms. The van der Waals surface area contributed by atoms with Gasteiger partial charge >= 0.3 is 6.61 Å². The lowest BCUT2D eigenvalue weighted by Gasteiger charge is -2.20. The van der Waals surface area contributed by atoms with Gasteiger partial charge in [-0.2, -0.15) is 8.78 Å². The van der Waals surface area contributed by atoms with Crippen molar-refractivity contribution < 1.29 is 23.0 Å². The molecule has 0 atom stereocenters. The van der Waals surface area contributed by atoms with Crippen LogP contribution in [0.4, 0.5) is 8.78 Å². The third-order valence-electron chi connectivity index (χ3n) is 4.77. The Hall–Kier alpha value is -3.46. The fourth-order valence-corrected chi connectivity index (χ4v) is 3.48. The van der Waals surface area contributed by atoms with Crippen LogP contribution < -0.4 is 15.0 Å². The van der Waals surface area contributed by atoms with Crippen molar-refractivity contribution in [1.29, 1.82) is 0 Å². The first-order chi connectivity index (χ1) is 16.3. The highest BCUT2D eigenvalue weighted by molar-refractivity contribution is 6.31. The molecule has 0 unspecified atom stereocenters. The van der Waals surface area contributed by atoms with Crippen LogP contribution in [0.25, 0.3) is 17.0 Å². The molecule has 180 valence electrons. The van der Waals surface area contributed by atoms with Crippen LogP contribution in [0, 0.1) is 0 Å². The Balaban J connectivity index is 1.80. The van der Waals surface area contributed by atoms with Gasteiger partial charge in [0.1, 0.15) is 5.82 Å². The molecule has 1 amide bonds. The Morgan fingerprint density at radius 1 is 1.21 bits per heavy atom. The second kappa shape index (κ2) is 11.6. The van der Waals surface area contributed by atoms with Crippen LogP contribution in [0.3, 0.4) is 0 Å². The number of nitrogens with zero attached hydrogens (tertiary/aromatic N) is 2. The van der Waals surface area contributed by atoms with Gasteiger partial charge in [-0.05, 0) is 55.3 Å². The number of H-pyrrole nitrogens is 1. The summed E-state index contributed by atoms with van der Waals surface area (Å²) >= 11 is 6.01. The lowest BCUT2D eigenvalue weighted by molar-refractivity contribution is -0.126. The molecule has 3 rings (SSSR count). The summed E-state index contributed by atoms with van der Waals surface area (Å²) in [7, 11) is 0. The maximum atomic E-state index is 12.9. The maximum Gasteiger partial charge on any atom is 0.387 e. The van der Waals surface area contributed by atoms with E-state index in [1.165, 1.54) is 18.2 Å². The largest absolute Gasteiger partial charge is 0.490 e. The normalized spacial score (nSPS) is 11.4. The zero-order valence-electron chi connectivity index (χ0n) is 18.7. The molecule has 0 spiro atoms.